The SMILES string of the molecule is C=CCN(C(=O)[C@@H](C)N[C@@H](C)C=O)[C@@H](N[C@@H](C)C=O)C(=O)OC(C)(C)C. The lowest BCUT2D eigenvalue weighted by atomic mass is 10.2. The van der Waals surface area contributed by atoms with Crippen LogP contribution in [-0.2, 0) is 23.9 Å². The van der Waals surface area contributed by atoms with Gasteiger partial charge in [0.05, 0.1) is 18.1 Å². The van der Waals surface area contributed by atoms with Crippen molar-refractivity contribution in [3.8, 4) is 0 Å². The maximum atomic E-state index is 12.8. The Balaban J connectivity index is 5.63. The topological polar surface area (TPSA) is 105 Å². The molecule has 0 spiro atoms. The number of nitrogens with zero attached hydrogens (tertiary/aromatic N) is 1. The van der Waals surface area contributed by atoms with E-state index in [1.807, 2.05) is 0 Å². The lowest BCUT2D eigenvalue weighted by molar-refractivity contribution is -0.167. The Morgan fingerprint density at radius 3 is 2.00 bits per heavy atom. The number of hydrogen-bond donors (Lipinski definition) is 2. The van der Waals surface area contributed by atoms with Crippen LogP contribution < -0.4 is 10.6 Å². The molecule has 4 atom stereocenters. The van der Waals surface area contributed by atoms with Crippen LogP contribution in [0.15, 0.2) is 12.7 Å². The maximum absolute atomic E-state index is 12.8. The van der Waals surface area contributed by atoms with Gasteiger partial charge >= 0.3 is 5.97 Å². The molecule has 0 saturated heterocycles. The van der Waals surface area contributed by atoms with Gasteiger partial charge in [0.25, 0.3) is 0 Å². The van der Waals surface area contributed by atoms with E-state index in [1.54, 1.807) is 41.5 Å². The Morgan fingerprint density at radius 1 is 1.08 bits per heavy atom. The van der Waals surface area contributed by atoms with Crippen LogP contribution in [-0.4, -0.2) is 65.8 Å². The molecule has 0 fully saturated rings. The third-order valence-electron chi connectivity index (χ3n) is 3.26. The van der Waals surface area contributed by atoms with Crippen LogP contribution in [0.4, 0.5) is 0 Å². The highest BCUT2D eigenvalue weighted by molar-refractivity contribution is 5.88. The van der Waals surface area contributed by atoms with Crippen molar-refractivity contribution in [2.45, 2.75) is 71.4 Å². The Kier molecular flexibility index (Phi) is 9.97. The fraction of sp³-hybridized carbons (Fsp3) is 0.667. The van der Waals surface area contributed by atoms with E-state index < -0.39 is 41.8 Å². The van der Waals surface area contributed by atoms with Crippen molar-refractivity contribution in [1.82, 2.24) is 15.5 Å². The molecule has 1 amide bonds. The number of aldehydes is 2. The number of carbonyl (C=O) groups is 4. The molecular formula is C18H31N3O5. The van der Waals surface area contributed by atoms with Crippen LogP contribution in [0.25, 0.3) is 0 Å². The Hall–Kier alpha value is -2.06. The first-order valence-electron chi connectivity index (χ1n) is 8.53. The first kappa shape index (κ1) is 23.9. The van der Waals surface area contributed by atoms with Gasteiger partial charge in [-0.25, -0.2) is 4.79 Å². The number of rotatable bonds is 11. The largest absolute Gasteiger partial charge is 0.457 e. The van der Waals surface area contributed by atoms with Crippen molar-refractivity contribution in [2.24, 2.45) is 0 Å². The van der Waals surface area contributed by atoms with Crippen LogP contribution in [0.5, 0.6) is 0 Å². The summed E-state index contributed by atoms with van der Waals surface area (Å²) in [5, 5.41) is 5.63. The van der Waals surface area contributed by atoms with Gasteiger partial charge in [-0.3, -0.25) is 15.4 Å². The van der Waals surface area contributed by atoms with Gasteiger partial charge in [-0.2, -0.15) is 0 Å². The van der Waals surface area contributed by atoms with Gasteiger partial charge in [0.1, 0.15) is 18.2 Å². The highest BCUT2D eigenvalue weighted by Gasteiger charge is 2.35. The fourth-order valence-electron chi connectivity index (χ4n) is 2.15. The van der Waals surface area contributed by atoms with E-state index in [0.717, 1.165) is 0 Å². The van der Waals surface area contributed by atoms with Crippen molar-refractivity contribution >= 4 is 24.4 Å². The molecule has 0 rings (SSSR count). The molecule has 0 heterocycles. The van der Waals surface area contributed by atoms with Gasteiger partial charge in [0.15, 0.2) is 6.17 Å². The smallest absolute Gasteiger partial charge is 0.344 e. The lowest BCUT2D eigenvalue weighted by Crippen LogP contribution is -2.61. The molecule has 0 saturated carbocycles. The van der Waals surface area contributed by atoms with E-state index in [2.05, 4.69) is 17.2 Å². The second kappa shape index (κ2) is 10.8. The minimum absolute atomic E-state index is 0.0583. The van der Waals surface area contributed by atoms with Gasteiger partial charge in [0, 0.05) is 6.54 Å². The summed E-state index contributed by atoms with van der Waals surface area (Å²) in [6.45, 7) is 13.6. The minimum Gasteiger partial charge on any atom is -0.457 e. The number of ether oxygens (including phenoxy) is 1. The summed E-state index contributed by atoms with van der Waals surface area (Å²) < 4.78 is 5.38. The molecule has 8 nitrogen and oxygen atoms in total. The molecule has 0 aromatic carbocycles. The van der Waals surface area contributed by atoms with Crippen LogP contribution in [0, 0.1) is 0 Å². The fourth-order valence-corrected chi connectivity index (χ4v) is 2.15. The van der Waals surface area contributed by atoms with E-state index in [-0.39, 0.29) is 6.54 Å². The highest BCUT2D eigenvalue weighted by Crippen LogP contribution is 2.12. The predicted molar refractivity (Wildman–Crippen MR) is 98.3 cm³/mol. The molecule has 26 heavy (non-hydrogen) atoms. The van der Waals surface area contributed by atoms with Crippen molar-refractivity contribution in [1.29, 1.82) is 0 Å². The number of esters is 1. The van der Waals surface area contributed by atoms with Gasteiger partial charge < -0.3 is 19.2 Å². The number of nitrogens with one attached hydrogen (secondary N) is 2. The summed E-state index contributed by atoms with van der Waals surface area (Å²) in [5.74, 6) is -1.11. The van der Waals surface area contributed by atoms with Gasteiger partial charge in [0.2, 0.25) is 5.91 Å². The summed E-state index contributed by atoms with van der Waals surface area (Å²) in [6, 6.07) is -1.93. The Morgan fingerprint density at radius 2 is 1.58 bits per heavy atom. The quantitative estimate of drug-likeness (QED) is 0.235. The van der Waals surface area contributed by atoms with Crippen molar-refractivity contribution in [3.63, 3.8) is 0 Å². The number of amides is 1. The molecule has 0 aromatic rings. The van der Waals surface area contributed by atoms with Crippen LogP contribution in [0.2, 0.25) is 0 Å². The van der Waals surface area contributed by atoms with Crippen LogP contribution in [0.3, 0.4) is 0 Å². The number of carbonyl (C=O) groups excluding carboxylic acids is 4. The molecule has 0 radical (unpaired) electrons. The van der Waals surface area contributed by atoms with E-state index in [0.29, 0.717) is 12.6 Å². The molecular weight excluding hydrogens is 338 g/mol. The molecule has 0 aliphatic heterocycles. The summed E-state index contributed by atoms with van der Waals surface area (Å²) in [5.41, 5.74) is -0.764. The second-order valence-corrected chi connectivity index (χ2v) is 7.12. The predicted octanol–water partition coefficient (Wildman–Crippen LogP) is 0.411. The van der Waals surface area contributed by atoms with Crippen molar-refractivity contribution in [3.05, 3.63) is 12.7 Å². The number of hydrogen-bond acceptors (Lipinski definition) is 7. The normalized spacial score (nSPS) is 15.9. The van der Waals surface area contributed by atoms with Crippen molar-refractivity contribution < 1.29 is 23.9 Å². The molecule has 148 valence electrons. The molecule has 0 aliphatic rings. The van der Waals surface area contributed by atoms with Crippen LogP contribution >= 0.6 is 0 Å². The zero-order chi connectivity index (χ0) is 20.5. The third-order valence-corrected chi connectivity index (χ3v) is 3.26. The summed E-state index contributed by atoms with van der Waals surface area (Å²) in [6.07, 6.45) is 1.61. The molecule has 2 N–H and O–H groups in total. The summed E-state index contributed by atoms with van der Waals surface area (Å²) in [4.78, 5) is 48.5. The van der Waals surface area contributed by atoms with Gasteiger partial charge in [-0.1, -0.05) is 6.08 Å². The highest BCUT2D eigenvalue weighted by atomic mass is 16.6. The minimum atomic E-state index is -1.17. The van der Waals surface area contributed by atoms with Gasteiger partial charge in [-0.05, 0) is 41.5 Å². The zero-order valence-electron chi connectivity index (χ0n) is 16.4. The monoisotopic (exact) mass is 369 g/mol. The van der Waals surface area contributed by atoms with E-state index in [9.17, 15) is 19.2 Å². The average Bonchev–Trinajstić information content (AvgIpc) is 2.55. The van der Waals surface area contributed by atoms with Crippen molar-refractivity contribution in [2.75, 3.05) is 6.54 Å². The molecule has 0 bridgehead atoms. The van der Waals surface area contributed by atoms with E-state index >= 15 is 0 Å². The third kappa shape index (κ3) is 8.35. The molecule has 8 heteroatoms. The summed E-state index contributed by atoms with van der Waals surface area (Å²) >= 11 is 0. The van der Waals surface area contributed by atoms with Crippen LogP contribution in [0.1, 0.15) is 41.5 Å². The van der Waals surface area contributed by atoms with E-state index in [4.69, 9.17) is 4.74 Å². The second-order valence-electron chi connectivity index (χ2n) is 7.12. The first-order chi connectivity index (χ1) is 12.0. The standard InChI is InChI=1S/C18H31N3O5/c1-8-9-21(16(24)14(4)19-12(2)10-22)15(20-13(3)11-23)17(25)26-18(5,6)7/h8,10-15,19-20H,1,9H2,2-7H3/t12-,13-,14+,15+/m0/s1. The Labute approximate surface area is 155 Å². The maximum Gasteiger partial charge on any atom is 0.344 e. The van der Waals surface area contributed by atoms with Gasteiger partial charge in [-0.15, -0.1) is 6.58 Å². The molecule has 0 aliphatic carbocycles. The molecule has 0 aromatic heterocycles. The first-order valence-corrected chi connectivity index (χ1v) is 8.53. The Bertz CT molecular complexity index is 515. The summed E-state index contributed by atoms with van der Waals surface area (Å²) in [7, 11) is 0. The average molecular weight is 369 g/mol. The zero-order valence-corrected chi connectivity index (χ0v) is 16.4. The van der Waals surface area contributed by atoms with E-state index in [1.165, 1.54) is 11.0 Å². The molecule has 0 unspecified atom stereocenters. The lowest BCUT2D eigenvalue weighted by Gasteiger charge is -2.35.